The SMILES string of the molecule is Cl.Nc1ccc2c(c1)SCS(=O)(=O)N2. The van der Waals surface area contributed by atoms with Crippen molar-refractivity contribution in [2.75, 3.05) is 15.5 Å². The molecule has 0 aromatic heterocycles. The van der Waals surface area contributed by atoms with Crippen LogP contribution in [0.2, 0.25) is 0 Å². The fourth-order valence-corrected chi connectivity index (χ4v) is 3.52. The highest BCUT2D eigenvalue weighted by atomic mass is 35.5. The number of anilines is 2. The molecule has 78 valence electrons. The van der Waals surface area contributed by atoms with Gasteiger partial charge in [0.15, 0.2) is 0 Å². The zero-order valence-electron chi connectivity index (χ0n) is 7.06. The molecule has 0 amide bonds. The number of fused-ring (bicyclic) bond motifs is 1. The number of hydrogen-bond donors (Lipinski definition) is 2. The van der Waals surface area contributed by atoms with Crippen LogP contribution in [-0.4, -0.2) is 13.5 Å². The Morgan fingerprint density at radius 1 is 1.43 bits per heavy atom. The third-order valence-corrected chi connectivity index (χ3v) is 4.53. The van der Waals surface area contributed by atoms with Crippen molar-refractivity contribution in [2.45, 2.75) is 4.90 Å². The molecule has 0 fully saturated rings. The Hall–Kier alpha value is -0.590. The van der Waals surface area contributed by atoms with E-state index in [2.05, 4.69) is 4.72 Å². The fourth-order valence-electron chi connectivity index (χ4n) is 1.08. The summed E-state index contributed by atoms with van der Waals surface area (Å²) in [6.07, 6.45) is 0. The topological polar surface area (TPSA) is 72.2 Å². The van der Waals surface area contributed by atoms with Crippen LogP contribution in [0.25, 0.3) is 0 Å². The molecule has 1 aliphatic rings. The quantitative estimate of drug-likeness (QED) is 0.687. The number of nitrogens with two attached hydrogens (primary N) is 1. The van der Waals surface area contributed by atoms with Crippen molar-refractivity contribution in [1.29, 1.82) is 0 Å². The smallest absolute Gasteiger partial charge is 0.242 e. The Kier molecular flexibility index (Phi) is 3.18. The van der Waals surface area contributed by atoms with Crippen LogP contribution in [0.4, 0.5) is 11.4 Å². The summed E-state index contributed by atoms with van der Waals surface area (Å²) in [7, 11) is -3.14. The predicted molar refractivity (Wildman–Crippen MR) is 61.4 cm³/mol. The number of benzene rings is 1. The largest absolute Gasteiger partial charge is 0.399 e. The van der Waals surface area contributed by atoms with E-state index in [4.69, 9.17) is 5.73 Å². The summed E-state index contributed by atoms with van der Waals surface area (Å²) in [5.74, 6) is 0. The second-order valence-corrected chi connectivity index (χ2v) is 5.84. The van der Waals surface area contributed by atoms with E-state index < -0.39 is 10.0 Å². The van der Waals surface area contributed by atoms with Gasteiger partial charge >= 0.3 is 0 Å². The van der Waals surface area contributed by atoms with Gasteiger partial charge in [0.25, 0.3) is 0 Å². The molecule has 1 aromatic carbocycles. The second kappa shape index (κ2) is 3.88. The highest BCUT2D eigenvalue weighted by Gasteiger charge is 2.20. The van der Waals surface area contributed by atoms with Gasteiger partial charge in [-0.15, -0.1) is 24.2 Å². The second-order valence-electron chi connectivity index (χ2n) is 2.73. The lowest BCUT2D eigenvalue weighted by Gasteiger charge is -2.17. The van der Waals surface area contributed by atoms with Crippen molar-refractivity contribution in [3.8, 4) is 0 Å². The molecule has 0 atom stereocenters. The monoisotopic (exact) mass is 252 g/mol. The van der Waals surface area contributed by atoms with E-state index in [1.165, 1.54) is 11.8 Å². The van der Waals surface area contributed by atoms with Gasteiger partial charge in [-0.2, -0.15) is 0 Å². The van der Waals surface area contributed by atoms with Crippen LogP contribution in [0.3, 0.4) is 0 Å². The number of nitrogens with one attached hydrogen (secondary N) is 1. The summed E-state index contributed by atoms with van der Waals surface area (Å²) in [6.45, 7) is 0. The lowest BCUT2D eigenvalue weighted by molar-refractivity contribution is 0.605. The predicted octanol–water partition coefficient (Wildman–Crippen LogP) is 1.50. The molecular weight excluding hydrogens is 244 g/mol. The Labute approximate surface area is 92.7 Å². The summed E-state index contributed by atoms with van der Waals surface area (Å²) in [4.78, 5) is 0.884. The Morgan fingerprint density at radius 2 is 2.14 bits per heavy atom. The van der Waals surface area contributed by atoms with E-state index in [9.17, 15) is 8.42 Å². The molecule has 4 nitrogen and oxygen atoms in total. The highest BCUT2D eigenvalue weighted by molar-refractivity contribution is 8.13. The van der Waals surface area contributed by atoms with Crippen LogP contribution >= 0.6 is 24.2 Å². The average Bonchev–Trinajstić information content (AvgIpc) is 2.05. The first kappa shape index (κ1) is 11.5. The fraction of sp³-hybridized carbons (Fsp3) is 0.143. The van der Waals surface area contributed by atoms with Crippen molar-refractivity contribution < 1.29 is 8.42 Å². The molecule has 0 saturated heterocycles. The van der Waals surface area contributed by atoms with Crippen LogP contribution in [0.15, 0.2) is 23.1 Å². The Morgan fingerprint density at radius 3 is 2.86 bits per heavy atom. The molecule has 2 rings (SSSR count). The average molecular weight is 253 g/mol. The third kappa shape index (κ3) is 2.26. The van der Waals surface area contributed by atoms with Gasteiger partial charge < -0.3 is 5.73 Å². The van der Waals surface area contributed by atoms with Crippen molar-refractivity contribution in [3.63, 3.8) is 0 Å². The van der Waals surface area contributed by atoms with E-state index in [0.717, 1.165) is 4.90 Å². The molecule has 0 aliphatic carbocycles. The van der Waals surface area contributed by atoms with Crippen LogP contribution in [-0.2, 0) is 10.0 Å². The molecular formula is C7H9ClN2O2S2. The van der Waals surface area contributed by atoms with Gasteiger partial charge in [-0.05, 0) is 18.2 Å². The summed E-state index contributed by atoms with van der Waals surface area (Å²) in [6, 6.07) is 5.11. The molecule has 7 heteroatoms. The first-order valence-corrected chi connectivity index (χ1v) is 6.23. The molecule has 0 saturated carbocycles. The number of halogens is 1. The highest BCUT2D eigenvalue weighted by Crippen LogP contribution is 2.34. The van der Waals surface area contributed by atoms with E-state index in [1.54, 1.807) is 18.2 Å². The number of nitrogen functional groups attached to an aromatic ring is 1. The molecule has 1 aliphatic heterocycles. The molecule has 0 spiro atoms. The number of rotatable bonds is 0. The minimum absolute atomic E-state index is 0. The van der Waals surface area contributed by atoms with E-state index >= 15 is 0 Å². The minimum Gasteiger partial charge on any atom is -0.399 e. The molecule has 1 aromatic rings. The number of sulfonamides is 1. The van der Waals surface area contributed by atoms with Crippen molar-refractivity contribution in [2.24, 2.45) is 0 Å². The Bertz CT molecular complexity index is 447. The van der Waals surface area contributed by atoms with Gasteiger partial charge in [-0.3, -0.25) is 4.72 Å². The van der Waals surface area contributed by atoms with Crippen molar-refractivity contribution >= 4 is 45.6 Å². The zero-order valence-corrected chi connectivity index (χ0v) is 9.51. The van der Waals surface area contributed by atoms with Crippen LogP contribution < -0.4 is 10.5 Å². The van der Waals surface area contributed by atoms with E-state index in [-0.39, 0.29) is 17.5 Å². The van der Waals surface area contributed by atoms with E-state index in [1.807, 2.05) is 0 Å². The zero-order chi connectivity index (χ0) is 9.47. The molecule has 0 radical (unpaired) electrons. The molecule has 1 heterocycles. The molecule has 0 bridgehead atoms. The van der Waals surface area contributed by atoms with Crippen LogP contribution in [0.5, 0.6) is 0 Å². The molecule has 3 N–H and O–H groups in total. The standard InChI is InChI=1S/C7H8N2O2S2.ClH/c8-5-1-2-6-7(3-5)12-4-13(10,11)9-6;/h1-3,9H,4,8H2;1H. The van der Waals surface area contributed by atoms with Crippen LogP contribution in [0, 0.1) is 0 Å². The van der Waals surface area contributed by atoms with Crippen molar-refractivity contribution in [1.82, 2.24) is 0 Å². The first-order chi connectivity index (χ1) is 6.07. The third-order valence-electron chi connectivity index (χ3n) is 1.64. The maximum Gasteiger partial charge on any atom is 0.242 e. The Balaban J connectivity index is 0.000000980. The molecule has 0 unspecified atom stereocenters. The van der Waals surface area contributed by atoms with Gasteiger partial charge in [0.1, 0.15) is 5.08 Å². The van der Waals surface area contributed by atoms with Gasteiger partial charge in [0.2, 0.25) is 10.0 Å². The van der Waals surface area contributed by atoms with Gasteiger partial charge in [0, 0.05) is 10.6 Å². The molecule has 14 heavy (non-hydrogen) atoms. The maximum atomic E-state index is 11.1. The lowest BCUT2D eigenvalue weighted by atomic mass is 10.3. The van der Waals surface area contributed by atoms with Gasteiger partial charge in [0.05, 0.1) is 5.69 Å². The number of thioether (sulfide) groups is 1. The summed E-state index contributed by atoms with van der Waals surface area (Å²) in [5.41, 5.74) is 6.82. The maximum absolute atomic E-state index is 11.1. The minimum atomic E-state index is -3.14. The number of hydrogen-bond acceptors (Lipinski definition) is 4. The lowest BCUT2D eigenvalue weighted by Crippen LogP contribution is -2.19. The van der Waals surface area contributed by atoms with E-state index in [0.29, 0.717) is 11.4 Å². The first-order valence-electron chi connectivity index (χ1n) is 3.60. The normalized spacial score (nSPS) is 17.4. The van der Waals surface area contributed by atoms with Crippen molar-refractivity contribution in [3.05, 3.63) is 18.2 Å². The summed E-state index contributed by atoms with van der Waals surface area (Å²) in [5, 5.41) is 0.0590. The summed E-state index contributed by atoms with van der Waals surface area (Å²) >= 11 is 1.28. The summed E-state index contributed by atoms with van der Waals surface area (Å²) < 4.78 is 24.7. The van der Waals surface area contributed by atoms with Crippen LogP contribution in [0.1, 0.15) is 0 Å². The van der Waals surface area contributed by atoms with Gasteiger partial charge in [-0.25, -0.2) is 8.42 Å². The van der Waals surface area contributed by atoms with Gasteiger partial charge in [-0.1, -0.05) is 0 Å².